The average molecular weight is 468 g/mol. The van der Waals surface area contributed by atoms with E-state index in [1.165, 1.54) is 0 Å². The molecule has 2 N–H and O–H groups in total. The third-order valence-electron chi connectivity index (χ3n) is 6.02. The van der Waals surface area contributed by atoms with Gasteiger partial charge in [-0.3, -0.25) is 14.6 Å². The molecule has 0 bridgehead atoms. The van der Waals surface area contributed by atoms with Gasteiger partial charge in [-0.2, -0.15) is 0 Å². The van der Waals surface area contributed by atoms with Gasteiger partial charge in [-0.1, -0.05) is 36.4 Å². The first-order valence-electron chi connectivity index (χ1n) is 11.8. The quantitative estimate of drug-likeness (QED) is 0.558. The Morgan fingerprint density at radius 2 is 1.76 bits per heavy atom. The SMILES string of the molecule is CC=Cc1ccc(OCC(O)CN2CCN(CC(=O)Nc3c(C)cccc3C)CC2)c(OC)c1. The first kappa shape index (κ1) is 25.7. The largest absolute Gasteiger partial charge is 0.493 e. The van der Waals surface area contributed by atoms with Crippen LogP contribution in [0.15, 0.2) is 42.5 Å². The predicted molar refractivity (Wildman–Crippen MR) is 137 cm³/mol. The van der Waals surface area contributed by atoms with Crippen LogP contribution in [0.1, 0.15) is 23.6 Å². The highest BCUT2D eigenvalue weighted by molar-refractivity contribution is 5.93. The molecule has 7 nitrogen and oxygen atoms in total. The molecule has 0 saturated carbocycles. The summed E-state index contributed by atoms with van der Waals surface area (Å²) in [6.07, 6.45) is 3.35. The Kier molecular flexibility index (Phi) is 9.51. The van der Waals surface area contributed by atoms with Gasteiger partial charge in [0.1, 0.15) is 12.7 Å². The fraction of sp³-hybridized carbons (Fsp3) is 0.444. The number of allylic oxidation sites excluding steroid dienone is 1. The van der Waals surface area contributed by atoms with Gasteiger partial charge in [0.15, 0.2) is 11.5 Å². The standard InChI is InChI=1S/C27H37N3O4/c1-5-7-22-10-11-24(25(16-22)33-4)34-19-23(31)17-29-12-14-30(15-13-29)18-26(32)28-27-20(2)8-6-9-21(27)3/h5-11,16,23,31H,12-15,17-19H2,1-4H3,(H,28,32). The second-order valence-corrected chi connectivity index (χ2v) is 8.77. The zero-order valence-corrected chi connectivity index (χ0v) is 20.7. The molecule has 34 heavy (non-hydrogen) atoms. The minimum absolute atomic E-state index is 0.00804. The lowest BCUT2D eigenvalue weighted by molar-refractivity contribution is -0.117. The summed E-state index contributed by atoms with van der Waals surface area (Å²) in [4.78, 5) is 16.9. The van der Waals surface area contributed by atoms with Crippen LogP contribution >= 0.6 is 0 Å². The van der Waals surface area contributed by atoms with Gasteiger partial charge in [0, 0.05) is 38.4 Å². The van der Waals surface area contributed by atoms with Crippen molar-refractivity contribution in [3.05, 3.63) is 59.2 Å². The molecule has 1 amide bonds. The molecule has 1 saturated heterocycles. The molecule has 2 aromatic carbocycles. The average Bonchev–Trinajstić information content (AvgIpc) is 2.82. The number of carbonyl (C=O) groups is 1. The number of β-amino-alcohol motifs (C(OH)–C–C–N with tert-alkyl or cyclic N) is 1. The molecule has 184 valence electrons. The summed E-state index contributed by atoms with van der Waals surface area (Å²) >= 11 is 0. The van der Waals surface area contributed by atoms with Gasteiger partial charge in [0.05, 0.1) is 13.7 Å². The molecule has 1 aliphatic rings. The zero-order chi connectivity index (χ0) is 24.5. The van der Waals surface area contributed by atoms with Crippen molar-refractivity contribution in [3.63, 3.8) is 0 Å². The number of benzene rings is 2. The van der Waals surface area contributed by atoms with Crippen molar-refractivity contribution >= 4 is 17.7 Å². The van der Waals surface area contributed by atoms with Crippen LogP contribution in [0.25, 0.3) is 6.08 Å². The second-order valence-electron chi connectivity index (χ2n) is 8.77. The van der Waals surface area contributed by atoms with Crippen LogP contribution in [-0.2, 0) is 4.79 Å². The molecule has 7 heteroatoms. The van der Waals surface area contributed by atoms with Crippen LogP contribution in [0.3, 0.4) is 0 Å². The topological polar surface area (TPSA) is 74.3 Å². The van der Waals surface area contributed by atoms with Crippen LogP contribution in [0.4, 0.5) is 5.69 Å². The van der Waals surface area contributed by atoms with Crippen LogP contribution in [0.2, 0.25) is 0 Å². The Labute approximate surface area is 203 Å². The first-order valence-corrected chi connectivity index (χ1v) is 11.8. The summed E-state index contributed by atoms with van der Waals surface area (Å²) in [6, 6.07) is 11.7. The molecule has 1 unspecified atom stereocenters. The van der Waals surface area contributed by atoms with Crippen LogP contribution in [0, 0.1) is 13.8 Å². The van der Waals surface area contributed by atoms with E-state index in [0.29, 0.717) is 24.6 Å². The first-order chi connectivity index (χ1) is 16.4. The number of aliphatic hydroxyl groups is 1. The van der Waals surface area contributed by atoms with Crippen molar-refractivity contribution in [1.82, 2.24) is 9.80 Å². The monoisotopic (exact) mass is 467 g/mol. The molecular formula is C27H37N3O4. The number of amides is 1. The highest BCUT2D eigenvalue weighted by atomic mass is 16.5. The summed E-state index contributed by atoms with van der Waals surface area (Å²) in [5.74, 6) is 1.28. The molecule has 1 fully saturated rings. The Balaban J connectivity index is 1.40. The Hall–Kier alpha value is -2.87. The van der Waals surface area contributed by atoms with E-state index in [1.807, 2.05) is 69.3 Å². The summed E-state index contributed by atoms with van der Waals surface area (Å²) in [5, 5.41) is 13.6. The number of hydrogen-bond acceptors (Lipinski definition) is 6. The number of methoxy groups -OCH3 is 1. The van der Waals surface area contributed by atoms with Gasteiger partial charge in [0.2, 0.25) is 5.91 Å². The van der Waals surface area contributed by atoms with Gasteiger partial charge in [-0.05, 0) is 49.6 Å². The van der Waals surface area contributed by atoms with Crippen molar-refractivity contribution in [1.29, 1.82) is 0 Å². The molecule has 0 radical (unpaired) electrons. The number of para-hydroxylation sites is 1. The Morgan fingerprint density at radius 1 is 1.09 bits per heavy atom. The summed E-state index contributed by atoms with van der Waals surface area (Å²) in [5.41, 5.74) is 4.08. The number of carbonyl (C=O) groups excluding carboxylic acids is 1. The third-order valence-corrected chi connectivity index (χ3v) is 6.02. The van der Waals surface area contributed by atoms with E-state index in [2.05, 4.69) is 15.1 Å². The molecule has 3 rings (SSSR count). The van der Waals surface area contributed by atoms with Gasteiger partial charge in [-0.25, -0.2) is 0 Å². The van der Waals surface area contributed by atoms with E-state index >= 15 is 0 Å². The minimum Gasteiger partial charge on any atom is -0.493 e. The summed E-state index contributed by atoms with van der Waals surface area (Å²) in [7, 11) is 1.61. The minimum atomic E-state index is -0.612. The molecule has 0 aromatic heterocycles. The fourth-order valence-electron chi connectivity index (χ4n) is 4.16. The molecule has 1 heterocycles. The van der Waals surface area contributed by atoms with Crippen molar-refractivity contribution < 1.29 is 19.4 Å². The van der Waals surface area contributed by atoms with Crippen molar-refractivity contribution in [2.45, 2.75) is 26.9 Å². The highest BCUT2D eigenvalue weighted by Gasteiger charge is 2.21. The number of ether oxygens (including phenoxy) is 2. The molecule has 0 spiro atoms. The second kappa shape index (κ2) is 12.6. The summed E-state index contributed by atoms with van der Waals surface area (Å²) < 4.78 is 11.2. The van der Waals surface area contributed by atoms with Crippen LogP contribution < -0.4 is 14.8 Å². The van der Waals surface area contributed by atoms with Crippen LogP contribution in [-0.4, -0.2) is 79.9 Å². The maximum atomic E-state index is 12.5. The van der Waals surface area contributed by atoms with Gasteiger partial charge in [-0.15, -0.1) is 0 Å². The normalized spacial score (nSPS) is 15.9. The number of anilines is 1. The van der Waals surface area contributed by atoms with E-state index in [0.717, 1.165) is 48.6 Å². The van der Waals surface area contributed by atoms with E-state index in [4.69, 9.17) is 9.47 Å². The fourth-order valence-corrected chi connectivity index (χ4v) is 4.16. The van der Waals surface area contributed by atoms with Gasteiger partial charge >= 0.3 is 0 Å². The smallest absolute Gasteiger partial charge is 0.238 e. The van der Waals surface area contributed by atoms with Crippen LogP contribution in [0.5, 0.6) is 11.5 Å². The lowest BCUT2D eigenvalue weighted by atomic mass is 10.1. The third kappa shape index (κ3) is 7.32. The maximum Gasteiger partial charge on any atom is 0.238 e. The predicted octanol–water partition coefficient (Wildman–Crippen LogP) is 3.34. The number of aliphatic hydroxyl groups excluding tert-OH is 1. The number of nitrogens with one attached hydrogen (secondary N) is 1. The molecule has 0 aliphatic carbocycles. The Morgan fingerprint density at radius 3 is 2.41 bits per heavy atom. The number of aryl methyl sites for hydroxylation is 2. The molecular weight excluding hydrogens is 430 g/mol. The molecule has 2 aromatic rings. The number of hydrogen-bond donors (Lipinski definition) is 2. The highest BCUT2D eigenvalue weighted by Crippen LogP contribution is 2.28. The van der Waals surface area contributed by atoms with Crippen molar-refractivity contribution in [3.8, 4) is 11.5 Å². The lowest BCUT2D eigenvalue weighted by Crippen LogP contribution is -2.50. The van der Waals surface area contributed by atoms with Crippen molar-refractivity contribution in [2.24, 2.45) is 0 Å². The number of nitrogens with zero attached hydrogens (tertiary/aromatic N) is 2. The van der Waals surface area contributed by atoms with E-state index in [-0.39, 0.29) is 12.5 Å². The Bertz CT molecular complexity index is 964. The van der Waals surface area contributed by atoms with Crippen molar-refractivity contribution in [2.75, 3.05) is 58.3 Å². The van der Waals surface area contributed by atoms with Gasteiger partial charge in [0.25, 0.3) is 0 Å². The number of rotatable bonds is 10. The van der Waals surface area contributed by atoms with Gasteiger partial charge < -0.3 is 19.9 Å². The maximum absolute atomic E-state index is 12.5. The molecule has 1 atom stereocenters. The lowest BCUT2D eigenvalue weighted by Gasteiger charge is -2.35. The molecule has 1 aliphatic heterocycles. The zero-order valence-electron chi connectivity index (χ0n) is 20.7. The van der Waals surface area contributed by atoms with E-state index in [9.17, 15) is 9.90 Å². The van der Waals surface area contributed by atoms with E-state index < -0.39 is 6.10 Å². The van der Waals surface area contributed by atoms with E-state index in [1.54, 1.807) is 7.11 Å². The number of piperazine rings is 1. The summed E-state index contributed by atoms with van der Waals surface area (Å²) in [6.45, 7) is 10.2.